The first kappa shape index (κ1) is 12.4. The van der Waals surface area contributed by atoms with Gasteiger partial charge in [0.15, 0.2) is 0 Å². The number of anilines is 1. The summed E-state index contributed by atoms with van der Waals surface area (Å²) in [5, 5.41) is 14.6. The SMILES string of the molecule is Cc1cccc(NC2CCN3CCCC23)c1[N+](=O)[O-]. The molecule has 0 spiro atoms. The molecule has 0 radical (unpaired) electrons. The second-order valence-corrected chi connectivity index (χ2v) is 5.51. The Labute approximate surface area is 112 Å². The summed E-state index contributed by atoms with van der Waals surface area (Å²) in [6.45, 7) is 4.08. The van der Waals surface area contributed by atoms with E-state index in [0.29, 0.717) is 17.8 Å². The van der Waals surface area contributed by atoms with Gasteiger partial charge in [-0.25, -0.2) is 0 Å². The first-order chi connectivity index (χ1) is 9.16. The van der Waals surface area contributed by atoms with Crippen LogP contribution in [-0.4, -0.2) is 35.0 Å². The fourth-order valence-corrected chi connectivity index (χ4v) is 3.47. The molecule has 2 unspecified atom stereocenters. The molecule has 0 amide bonds. The summed E-state index contributed by atoms with van der Waals surface area (Å²) < 4.78 is 0. The number of fused-ring (bicyclic) bond motifs is 1. The molecule has 19 heavy (non-hydrogen) atoms. The van der Waals surface area contributed by atoms with Gasteiger partial charge in [-0.15, -0.1) is 0 Å². The molecule has 1 N–H and O–H groups in total. The number of nitrogens with one attached hydrogen (secondary N) is 1. The second kappa shape index (κ2) is 4.81. The summed E-state index contributed by atoms with van der Waals surface area (Å²) in [5.74, 6) is 0. The lowest BCUT2D eigenvalue weighted by Crippen LogP contribution is -2.33. The molecule has 5 nitrogen and oxygen atoms in total. The van der Waals surface area contributed by atoms with Gasteiger partial charge in [-0.1, -0.05) is 12.1 Å². The highest BCUT2D eigenvalue weighted by Gasteiger charge is 2.37. The van der Waals surface area contributed by atoms with Crippen LogP contribution in [0.5, 0.6) is 0 Å². The van der Waals surface area contributed by atoms with E-state index in [1.807, 2.05) is 12.1 Å². The fraction of sp³-hybridized carbons (Fsp3) is 0.571. The van der Waals surface area contributed by atoms with Crippen LogP contribution in [0.15, 0.2) is 18.2 Å². The van der Waals surface area contributed by atoms with Crippen LogP contribution in [0, 0.1) is 17.0 Å². The van der Waals surface area contributed by atoms with Gasteiger partial charge in [0.1, 0.15) is 5.69 Å². The lowest BCUT2D eigenvalue weighted by Gasteiger charge is -2.22. The van der Waals surface area contributed by atoms with Gasteiger partial charge in [-0.2, -0.15) is 0 Å². The Balaban J connectivity index is 1.84. The quantitative estimate of drug-likeness (QED) is 0.671. The highest BCUT2D eigenvalue weighted by Crippen LogP contribution is 2.34. The molecule has 0 aliphatic carbocycles. The number of para-hydroxylation sites is 1. The molecule has 1 aromatic rings. The summed E-state index contributed by atoms with van der Waals surface area (Å²) in [4.78, 5) is 13.4. The Morgan fingerprint density at radius 1 is 1.37 bits per heavy atom. The maximum Gasteiger partial charge on any atom is 0.295 e. The molecule has 2 aliphatic rings. The third-order valence-electron chi connectivity index (χ3n) is 4.37. The van der Waals surface area contributed by atoms with Gasteiger partial charge in [0.25, 0.3) is 5.69 Å². The van der Waals surface area contributed by atoms with Gasteiger partial charge in [0.05, 0.1) is 4.92 Å². The summed E-state index contributed by atoms with van der Waals surface area (Å²) in [6.07, 6.45) is 3.53. The number of benzene rings is 1. The second-order valence-electron chi connectivity index (χ2n) is 5.51. The third kappa shape index (κ3) is 2.18. The Morgan fingerprint density at radius 3 is 3.00 bits per heavy atom. The number of aryl methyl sites for hydroxylation is 1. The van der Waals surface area contributed by atoms with Gasteiger partial charge in [-0.3, -0.25) is 15.0 Å². The Morgan fingerprint density at radius 2 is 2.21 bits per heavy atom. The monoisotopic (exact) mass is 261 g/mol. The molecule has 2 aliphatic heterocycles. The van der Waals surface area contributed by atoms with Crippen LogP contribution >= 0.6 is 0 Å². The number of hydrogen-bond acceptors (Lipinski definition) is 4. The predicted octanol–water partition coefficient (Wildman–Crippen LogP) is 2.55. The molecule has 0 saturated carbocycles. The molecule has 0 aromatic heterocycles. The van der Waals surface area contributed by atoms with Crippen molar-refractivity contribution in [2.75, 3.05) is 18.4 Å². The van der Waals surface area contributed by atoms with E-state index in [4.69, 9.17) is 0 Å². The van der Waals surface area contributed by atoms with Crippen LogP contribution < -0.4 is 5.32 Å². The van der Waals surface area contributed by atoms with Crippen molar-refractivity contribution in [1.82, 2.24) is 4.90 Å². The van der Waals surface area contributed by atoms with Crippen molar-refractivity contribution in [1.29, 1.82) is 0 Å². The summed E-state index contributed by atoms with van der Waals surface area (Å²) in [5.41, 5.74) is 1.61. The lowest BCUT2D eigenvalue weighted by atomic mass is 10.1. The van der Waals surface area contributed by atoms with Crippen LogP contribution in [0.2, 0.25) is 0 Å². The van der Waals surface area contributed by atoms with E-state index in [9.17, 15) is 10.1 Å². The molecular weight excluding hydrogens is 242 g/mol. The molecule has 2 fully saturated rings. The predicted molar refractivity (Wildman–Crippen MR) is 74.5 cm³/mol. The number of hydrogen-bond donors (Lipinski definition) is 1. The zero-order valence-electron chi connectivity index (χ0n) is 11.1. The third-order valence-corrected chi connectivity index (χ3v) is 4.37. The fourth-order valence-electron chi connectivity index (χ4n) is 3.47. The van der Waals surface area contributed by atoms with E-state index in [0.717, 1.165) is 18.5 Å². The van der Waals surface area contributed by atoms with Gasteiger partial charge in [-0.05, 0) is 38.8 Å². The average Bonchev–Trinajstić information content (AvgIpc) is 2.93. The molecule has 102 valence electrons. The van der Waals surface area contributed by atoms with Crippen LogP contribution in [0.4, 0.5) is 11.4 Å². The normalized spacial score (nSPS) is 26.4. The summed E-state index contributed by atoms with van der Waals surface area (Å²) in [6, 6.07) is 6.40. The number of nitrogens with zero attached hydrogens (tertiary/aromatic N) is 2. The van der Waals surface area contributed by atoms with Crippen molar-refractivity contribution in [3.63, 3.8) is 0 Å². The largest absolute Gasteiger partial charge is 0.375 e. The maximum absolute atomic E-state index is 11.2. The smallest absolute Gasteiger partial charge is 0.295 e. The lowest BCUT2D eigenvalue weighted by molar-refractivity contribution is -0.384. The van der Waals surface area contributed by atoms with Crippen molar-refractivity contribution in [3.05, 3.63) is 33.9 Å². The first-order valence-corrected chi connectivity index (χ1v) is 6.91. The highest BCUT2D eigenvalue weighted by atomic mass is 16.6. The summed E-state index contributed by atoms with van der Waals surface area (Å²) in [7, 11) is 0. The number of nitro benzene ring substituents is 1. The van der Waals surface area contributed by atoms with E-state index in [2.05, 4.69) is 10.2 Å². The average molecular weight is 261 g/mol. The highest BCUT2D eigenvalue weighted by molar-refractivity contribution is 5.65. The first-order valence-electron chi connectivity index (χ1n) is 6.91. The molecule has 1 aromatic carbocycles. The van der Waals surface area contributed by atoms with E-state index in [-0.39, 0.29) is 10.6 Å². The van der Waals surface area contributed by atoms with Crippen molar-refractivity contribution < 1.29 is 4.92 Å². The number of nitro groups is 1. The molecule has 2 atom stereocenters. The van der Waals surface area contributed by atoms with Crippen molar-refractivity contribution in [2.45, 2.75) is 38.3 Å². The van der Waals surface area contributed by atoms with E-state index in [1.54, 1.807) is 13.0 Å². The van der Waals surface area contributed by atoms with Gasteiger partial charge in [0, 0.05) is 24.2 Å². The molecule has 0 bridgehead atoms. The van der Waals surface area contributed by atoms with Gasteiger partial charge >= 0.3 is 0 Å². The van der Waals surface area contributed by atoms with Crippen LogP contribution in [0.1, 0.15) is 24.8 Å². The van der Waals surface area contributed by atoms with Crippen LogP contribution in [0.25, 0.3) is 0 Å². The van der Waals surface area contributed by atoms with Crippen LogP contribution in [-0.2, 0) is 0 Å². The zero-order chi connectivity index (χ0) is 13.4. The van der Waals surface area contributed by atoms with Crippen LogP contribution in [0.3, 0.4) is 0 Å². The Hall–Kier alpha value is -1.62. The molecule has 3 rings (SSSR count). The van der Waals surface area contributed by atoms with E-state index >= 15 is 0 Å². The zero-order valence-corrected chi connectivity index (χ0v) is 11.1. The van der Waals surface area contributed by atoms with Gasteiger partial charge < -0.3 is 5.32 Å². The van der Waals surface area contributed by atoms with Crippen molar-refractivity contribution in [2.24, 2.45) is 0 Å². The standard InChI is InChI=1S/C14H19N3O2/c1-10-4-2-5-12(14(10)17(18)19)15-11-7-9-16-8-3-6-13(11)16/h2,4-5,11,13,15H,3,6-9H2,1H3. The van der Waals surface area contributed by atoms with E-state index in [1.165, 1.54) is 19.4 Å². The minimum atomic E-state index is -0.279. The maximum atomic E-state index is 11.2. The summed E-state index contributed by atoms with van der Waals surface area (Å²) >= 11 is 0. The molecular formula is C14H19N3O2. The Kier molecular flexibility index (Phi) is 3.14. The molecule has 2 heterocycles. The van der Waals surface area contributed by atoms with Crippen molar-refractivity contribution in [3.8, 4) is 0 Å². The van der Waals surface area contributed by atoms with E-state index < -0.39 is 0 Å². The van der Waals surface area contributed by atoms with Crippen molar-refractivity contribution >= 4 is 11.4 Å². The minimum absolute atomic E-state index is 0.221. The van der Waals surface area contributed by atoms with Gasteiger partial charge in [0.2, 0.25) is 0 Å². The molecule has 5 heteroatoms. The number of rotatable bonds is 3. The topological polar surface area (TPSA) is 58.4 Å². The Bertz CT molecular complexity index is 503. The minimum Gasteiger partial charge on any atom is -0.375 e. The molecule has 2 saturated heterocycles.